The summed E-state index contributed by atoms with van der Waals surface area (Å²) in [5, 5.41) is 0.489. The highest BCUT2D eigenvalue weighted by molar-refractivity contribution is 6.08. The van der Waals surface area contributed by atoms with Gasteiger partial charge in [-0.2, -0.15) is 0 Å². The first kappa shape index (κ1) is 25.2. The predicted molar refractivity (Wildman–Crippen MR) is 130 cm³/mol. The monoisotopic (exact) mass is 467 g/mol. The van der Waals surface area contributed by atoms with Crippen LogP contribution in [0.1, 0.15) is 48.9 Å². The Kier molecular flexibility index (Phi) is 8.22. The van der Waals surface area contributed by atoms with Crippen LogP contribution in [0.5, 0.6) is 0 Å². The van der Waals surface area contributed by atoms with Gasteiger partial charge in [-0.05, 0) is 38.2 Å². The maximum absolute atomic E-state index is 12.0. The van der Waals surface area contributed by atoms with E-state index in [1.165, 1.54) is 6.20 Å². The lowest BCUT2D eigenvalue weighted by Gasteiger charge is -2.15. The second kappa shape index (κ2) is 11.1. The number of hydrogen-bond donors (Lipinski definition) is 3. The second-order valence-electron chi connectivity index (χ2n) is 8.84. The smallest absolute Gasteiger partial charge is 0.309 e. The van der Waals surface area contributed by atoms with Gasteiger partial charge in [-0.1, -0.05) is 44.2 Å². The zero-order chi connectivity index (χ0) is 24.8. The molecule has 1 aromatic carbocycles. The Balaban J connectivity index is 0.000000202. The van der Waals surface area contributed by atoms with E-state index >= 15 is 0 Å². The molecule has 9 heteroatoms. The number of amides is 1. The summed E-state index contributed by atoms with van der Waals surface area (Å²) < 4.78 is 11.1. The number of ether oxygens (including phenoxy) is 2. The summed E-state index contributed by atoms with van der Waals surface area (Å²) in [7, 11) is 0. The fourth-order valence-electron chi connectivity index (χ4n) is 3.95. The molecule has 9 nitrogen and oxygen atoms in total. The molecule has 34 heavy (non-hydrogen) atoms. The van der Waals surface area contributed by atoms with Crippen LogP contribution in [0, 0.1) is 18.8 Å². The van der Waals surface area contributed by atoms with E-state index in [1.54, 1.807) is 6.92 Å². The third-order valence-electron chi connectivity index (χ3n) is 5.98. The van der Waals surface area contributed by atoms with E-state index in [9.17, 15) is 9.59 Å². The van der Waals surface area contributed by atoms with Gasteiger partial charge in [0.2, 0.25) is 0 Å². The molecule has 4 rings (SSSR count). The number of fused-ring (bicyclic) bond motifs is 1. The highest BCUT2D eigenvalue weighted by Gasteiger charge is 2.30. The molecule has 2 unspecified atom stereocenters. The molecular weight excluding hydrogens is 434 g/mol. The van der Waals surface area contributed by atoms with Gasteiger partial charge in [-0.15, -0.1) is 0 Å². The fourth-order valence-corrected chi connectivity index (χ4v) is 3.95. The van der Waals surface area contributed by atoms with E-state index in [2.05, 4.69) is 28.8 Å². The van der Waals surface area contributed by atoms with Crippen molar-refractivity contribution in [2.45, 2.75) is 52.7 Å². The van der Waals surface area contributed by atoms with Crippen molar-refractivity contribution in [2.75, 3.05) is 12.3 Å². The molecule has 3 aromatic rings. The summed E-state index contributed by atoms with van der Waals surface area (Å²) in [6.07, 6.45) is 3.50. The number of aryl methyl sites for hydroxylation is 1. The molecule has 0 bridgehead atoms. The van der Waals surface area contributed by atoms with E-state index < -0.39 is 5.91 Å². The number of carbonyl (C=O) groups is 2. The molecule has 0 saturated carbocycles. The number of primary amides is 1. The average Bonchev–Trinajstić information content (AvgIpc) is 3.36. The topological polar surface area (TPSA) is 146 Å². The number of benzene rings is 1. The number of rotatable bonds is 6. The quantitative estimate of drug-likeness (QED) is 0.472. The summed E-state index contributed by atoms with van der Waals surface area (Å²) in [5.74, 6) is 0.560. The standard InChI is InChI=1S/C17H24O3.C8H9N5O/c1-12-10-16(20-14(12)3)11-19-17(18)13(2)9-15-7-5-4-6-8-15;1-3-12-6(9)5-4(7(10)14)2-11-8(5)13-3/h4-8,12-14,16H,9-11H2,1-3H3;2H,1H3,(H2,10,14)(H3,9,11,12,13)/t12-,13+,14?,16?;/m1./s1. The molecule has 0 radical (unpaired) electrons. The number of anilines is 1. The van der Waals surface area contributed by atoms with Crippen molar-refractivity contribution in [3.63, 3.8) is 0 Å². The minimum absolute atomic E-state index is 0.0628. The van der Waals surface area contributed by atoms with E-state index in [1.807, 2.05) is 37.3 Å². The van der Waals surface area contributed by atoms with Gasteiger partial charge in [0.05, 0.1) is 29.1 Å². The van der Waals surface area contributed by atoms with E-state index in [-0.39, 0.29) is 29.9 Å². The Morgan fingerprint density at radius 1 is 1.24 bits per heavy atom. The van der Waals surface area contributed by atoms with Crippen molar-refractivity contribution < 1.29 is 19.1 Å². The molecule has 4 atom stereocenters. The summed E-state index contributed by atoms with van der Waals surface area (Å²) in [4.78, 5) is 33.9. The SMILES string of the molecule is CC1OC(COC(=O)[C@@H](C)Cc2ccccc2)C[C@H]1C.Cc1nc(N)c2c(C(N)=O)c[nH]c2n1. The first-order valence-corrected chi connectivity index (χ1v) is 11.4. The number of carbonyl (C=O) groups excluding carboxylic acids is 2. The third-order valence-corrected chi connectivity index (χ3v) is 5.98. The third kappa shape index (κ3) is 6.32. The van der Waals surface area contributed by atoms with Crippen LogP contribution in [-0.4, -0.2) is 45.6 Å². The lowest BCUT2D eigenvalue weighted by atomic mass is 10.0. The second-order valence-corrected chi connectivity index (χ2v) is 8.84. The van der Waals surface area contributed by atoms with Gasteiger partial charge in [0.15, 0.2) is 0 Å². The van der Waals surface area contributed by atoms with Gasteiger partial charge in [-0.3, -0.25) is 9.59 Å². The van der Waals surface area contributed by atoms with Crippen molar-refractivity contribution >= 4 is 28.7 Å². The molecule has 0 aliphatic carbocycles. The molecule has 2 aromatic heterocycles. The lowest BCUT2D eigenvalue weighted by Crippen LogP contribution is -2.23. The summed E-state index contributed by atoms with van der Waals surface area (Å²) in [5.41, 5.74) is 12.8. The predicted octanol–water partition coefficient (Wildman–Crippen LogP) is 3.17. The molecule has 182 valence electrons. The van der Waals surface area contributed by atoms with Crippen molar-refractivity contribution in [1.29, 1.82) is 0 Å². The normalized spacial score (nSPS) is 20.4. The van der Waals surface area contributed by atoms with Crippen LogP contribution in [0.4, 0.5) is 5.82 Å². The van der Waals surface area contributed by atoms with Crippen molar-refractivity contribution in [2.24, 2.45) is 17.6 Å². The molecule has 3 heterocycles. The van der Waals surface area contributed by atoms with Gasteiger partial charge in [0, 0.05) is 6.20 Å². The van der Waals surface area contributed by atoms with Gasteiger partial charge in [-0.25, -0.2) is 9.97 Å². The number of aromatic amines is 1. The number of hydrogen-bond acceptors (Lipinski definition) is 7. The summed E-state index contributed by atoms with van der Waals surface area (Å²) in [6.45, 7) is 8.26. The van der Waals surface area contributed by atoms with Crippen molar-refractivity contribution in [1.82, 2.24) is 15.0 Å². The molecule has 0 spiro atoms. The molecule has 1 aliphatic heterocycles. The first-order valence-electron chi connectivity index (χ1n) is 11.4. The van der Waals surface area contributed by atoms with Gasteiger partial charge < -0.3 is 25.9 Å². The zero-order valence-electron chi connectivity index (χ0n) is 20.1. The van der Waals surface area contributed by atoms with Crippen LogP contribution in [-0.2, 0) is 20.7 Å². The largest absolute Gasteiger partial charge is 0.463 e. The Morgan fingerprint density at radius 3 is 2.56 bits per heavy atom. The highest BCUT2D eigenvalue weighted by Crippen LogP contribution is 2.26. The number of aromatic nitrogens is 3. The molecular formula is C25H33N5O4. The molecule has 1 saturated heterocycles. The van der Waals surface area contributed by atoms with Crippen LogP contribution in [0.15, 0.2) is 36.5 Å². The Bertz CT molecular complexity index is 1120. The van der Waals surface area contributed by atoms with E-state index in [4.69, 9.17) is 20.9 Å². The molecule has 1 fully saturated rings. The van der Waals surface area contributed by atoms with Crippen LogP contribution >= 0.6 is 0 Å². The Morgan fingerprint density at radius 2 is 1.94 bits per heavy atom. The van der Waals surface area contributed by atoms with Crippen LogP contribution in [0.3, 0.4) is 0 Å². The number of nitrogens with zero attached hydrogens (tertiary/aromatic N) is 2. The van der Waals surface area contributed by atoms with E-state index in [0.29, 0.717) is 34.9 Å². The Hall–Kier alpha value is -3.46. The van der Waals surface area contributed by atoms with Crippen LogP contribution < -0.4 is 11.5 Å². The van der Waals surface area contributed by atoms with Gasteiger partial charge in [0.1, 0.15) is 23.9 Å². The van der Waals surface area contributed by atoms with Gasteiger partial charge in [0.25, 0.3) is 5.91 Å². The fraction of sp³-hybridized carbons (Fsp3) is 0.440. The average molecular weight is 468 g/mol. The number of nitrogen functional groups attached to an aromatic ring is 1. The van der Waals surface area contributed by atoms with Crippen LogP contribution in [0.2, 0.25) is 0 Å². The van der Waals surface area contributed by atoms with Crippen LogP contribution in [0.25, 0.3) is 11.0 Å². The highest BCUT2D eigenvalue weighted by atomic mass is 16.6. The first-order chi connectivity index (χ1) is 16.2. The minimum atomic E-state index is -0.546. The van der Waals surface area contributed by atoms with Gasteiger partial charge >= 0.3 is 5.97 Å². The number of nitrogens with one attached hydrogen (secondary N) is 1. The lowest BCUT2D eigenvalue weighted by molar-refractivity contribution is -0.151. The minimum Gasteiger partial charge on any atom is -0.463 e. The molecule has 1 amide bonds. The van der Waals surface area contributed by atoms with Crippen molar-refractivity contribution in [3.05, 3.63) is 53.5 Å². The number of H-pyrrole nitrogens is 1. The molecule has 5 N–H and O–H groups in total. The zero-order valence-corrected chi connectivity index (χ0v) is 20.1. The number of nitrogens with two attached hydrogens (primary N) is 2. The Labute approximate surface area is 199 Å². The number of esters is 1. The maximum atomic E-state index is 12.0. The van der Waals surface area contributed by atoms with Crippen molar-refractivity contribution in [3.8, 4) is 0 Å². The summed E-state index contributed by atoms with van der Waals surface area (Å²) >= 11 is 0. The van der Waals surface area contributed by atoms with E-state index in [0.717, 1.165) is 18.4 Å². The summed E-state index contributed by atoms with van der Waals surface area (Å²) in [6, 6.07) is 10.0. The molecule has 1 aliphatic rings. The maximum Gasteiger partial charge on any atom is 0.309 e.